The van der Waals surface area contributed by atoms with Crippen molar-refractivity contribution in [1.82, 2.24) is 9.80 Å². The average Bonchev–Trinajstić information content (AvgIpc) is 3.05. The zero-order valence-electron chi connectivity index (χ0n) is 11.0. The summed E-state index contributed by atoms with van der Waals surface area (Å²) in [4.78, 5) is 27.3. The number of carbonyl (C=O) groups excluding carboxylic acids is 1. The van der Waals surface area contributed by atoms with Gasteiger partial charge in [-0.15, -0.1) is 11.8 Å². The van der Waals surface area contributed by atoms with Gasteiger partial charge in [0.15, 0.2) is 0 Å². The monoisotopic (exact) mass is 284 g/mol. The highest BCUT2D eigenvalue weighted by molar-refractivity contribution is 7.99. The number of carbonyl (C=O) groups is 2. The van der Waals surface area contributed by atoms with Gasteiger partial charge in [-0.2, -0.15) is 0 Å². The van der Waals surface area contributed by atoms with Gasteiger partial charge in [0.1, 0.15) is 6.04 Å². The number of carboxylic acids is 1. The fourth-order valence-electron chi connectivity index (χ4n) is 3.69. The van der Waals surface area contributed by atoms with Crippen LogP contribution in [0.15, 0.2) is 0 Å². The molecule has 1 saturated carbocycles. The van der Waals surface area contributed by atoms with Crippen LogP contribution in [0.3, 0.4) is 0 Å². The maximum Gasteiger partial charge on any atom is 0.327 e. The highest BCUT2D eigenvalue weighted by atomic mass is 32.2. The van der Waals surface area contributed by atoms with E-state index >= 15 is 0 Å². The predicted octanol–water partition coefficient (Wildman–Crippen LogP) is 1.83. The average molecular weight is 284 g/mol. The van der Waals surface area contributed by atoms with Crippen molar-refractivity contribution in [2.45, 2.75) is 44.2 Å². The largest absolute Gasteiger partial charge is 0.480 e. The minimum absolute atomic E-state index is 0.0472. The van der Waals surface area contributed by atoms with Gasteiger partial charge < -0.3 is 14.9 Å². The van der Waals surface area contributed by atoms with Gasteiger partial charge >= 0.3 is 12.0 Å². The maximum absolute atomic E-state index is 12.6. The first kappa shape index (κ1) is 13.1. The SMILES string of the molecule is O=C(O)[C@@H]1CSCN1C(=O)N1CCCC2CCCC21. The number of hydrogen-bond acceptors (Lipinski definition) is 3. The van der Waals surface area contributed by atoms with Gasteiger partial charge in [-0.25, -0.2) is 9.59 Å². The van der Waals surface area contributed by atoms with Crippen LogP contribution in [0, 0.1) is 5.92 Å². The van der Waals surface area contributed by atoms with Gasteiger partial charge in [-0.05, 0) is 31.6 Å². The first-order chi connectivity index (χ1) is 9.18. The first-order valence-electron chi connectivity index (χ1n) is 7.06. The number of thioether (sulfide) groups is 1. The van der Waals surface area contributed by atoms with Gasteiger partial charge in [0.05, 0.1) is 5.88 Å². The molecule has 2 unspecified atom stereocenters. The van der Waals surface area contributed by atoms with Crippen LogP contribution in [0.4, 0.5) is 4.79 Å². The Bertz CT molecular complexity index is 390. The molecule has 0 radical (unpaired) electrons. The second kappa shape index (κ2) is 5.23. The van der Waals surface area contributed by atoms with E-state index in [0.29, 0.717) is 23.6 Å². The smallest absolute Gasteiger partial charge is 0.327 e. The van der Waals surface area contributed by atoms with Crippen LogP contribution in [0.25, 0.3) is 0 Å². The normalized spacial score (nSPS) is 34.4. The molecule has 0 bridgehead atoms. The molecule has 6 heteroatoms. The zero-order valence-corrected chi connectivity index (χ0v) is 11.8. The molecule has 3 fully saturated rings. The number of hydrogen-bond donors (Lipinski definition) is 1. The Morgan fingerprint density at radius 3 is 2.68 bits per heavy atom. The standard InChI is InChI=1S/C13H20N2O3S/c16-12(17)11-7-19-8-15(11)13(18)14-6-2-4-9-3-1-5-10(9)14/h9-11H,1-8H2,(H,16,17)/t9?,10?,11-/m0/s1. The number of likely N-dealkylation sites (tertiary alicyclic amines) is 1. The molecule has 5 nitrogen and oxygen atoms in total. The second-order valence-corrected chi connectivity index (χ2v) is 6.70. The van der Waals surface area contributed by atoms with Crippen molar-refractivity contribution in [3.63, 3.8) is 0 Å². The minimum atomic E-state index is -0.877. The molecule has 3 aliphatic rings. The van der Waals surface area contributed by atoms with Crippen LogP contribution in [-0.4, -0.2) is 57.2 Å². The summed E-state index contributed by atoms with van der Waals surface area (Å²) in [5.41, 5.74) is 0. The lowest BCUT2D eigenvalue weighted by molar-refractivity contribution is -0.141. The Kier molecular flexibility index (Phi) is 3.60. The van der Waals surface area contributed by atoms with E-state index in [4.69, 9.17) is 0 Å². The number of carboxylic acid groups (broad SMARTS) is 1. The van der Waals surface area contributed by atoms with E-state index in [9.17, 15) is 14.7 Å². The Labute approximate surface area is 117 Å². The van der Waals surface area contributed by atoms with E-state index < -0.39 is 12.0 Å². The van der Waals surface area contributed by atoms with Gasteiger partial charge in [0.25, 0.3) is 0 Å². The molecule has 1 aliphatic carbocycles. The Hall–Kier alpha value is -0.910. The van der Waals surface area contributed by atoms with Crippen LogP contribution >= 0.6 is 11.8 Å². The number of nitrogens with zero attached hydrogens (tertiary/aromatic N) is 2. The molecule has 0 aromatic heterocycles. The van der Waals surface area contributed by atoms with Crippen LogP contribution < -0.4 is 0 Å². The lowest BCUT2D eigenvalue weighted by atomic mass is 9.92. The van der Waals surface area contributed by atoms with Crippen molar-refractivity contribution in [2.24, 2.45) is 5.92 Å². The number of urea groups is 1. The topological polar surface area (TPSA) is 60.9 Å². The number of aliphatic carboxylic acids is 1. The summed E-state index contributed by atoms with van der Waals surface area (Å²) in [7, 11) is 0. The Balaban J connectivity index is 1.74. The van der Waals surface area contributed by atoms with E-state index in [2.05, 4.69) is 0 Å². The van der Waals surface area contributed by atoms with Crippen molar-refractivity contribution in [3.8, 4) is 0 Å². The Morgan fingerprint density at radius 2 is 1.89 bits per heavy atom. The van der Waals surface area contributed by atoms with Crippen molar-refractivity contribution in [1.29, 1.82) is 0 Å². The summed E-state index contributed by atoms with van der Waals surface area (Å²) in [5.74, 6) is 0.807. The fourth-order valence-corrected chi connectivity index (χ4v) is 4.83. The van der Waals surface area contributed by atoms with Crippen molar-refractivity contribution in [2.75, 3.05) is 18.2 Å². The number of piperidine rings is 1. The third kappa shape index (κ3) is 2.30. The molecular formula is C13H20N2O3S. The molecule has 2 saturated heterocycles. The van der Waals surface area contributed by atoms with Crippen molar-refractivity contribution >= 4 is 23.8 Å². The molecule has 2 heterocycles. The molecule has 106 valence electrons. The molecule has 2 amide bonds. The maximum atomic E-state index is 12.6. The molecular weight excluding hydrogens is 264 g/mol. The van der Waals surface area contributed by atoms with Gasteiger partial charge in [0, 0.05) is 18.3 Å². The van der Waals surface area contributed by atoms with E-state index in [1.165, 1.54) is 31.0 Å². The van der Waals surface area contributed by atoms with Crippen LogP contribution in [-0.2, 0) is 4.79 Å². The second-order valence-electron chi connectivity index (χ2n) is 5.70. The molecule has 1 N–H and O–H groups in total. The number of amides is 2. The highest BCUT2D eigenvalue weighted by Gasteiger charge is 2.42. The summed E-state index contributed by atoms with van der Waals surface area (Å²) in [6, 6.07) is -0.324. The molecule has 0 spiro atoms. The first-order valence-corrected chi connectivity index (χ1v) is 8.21. The van der Waals surface area contributed by atoms with Gasteiger partial charge in [-0.3, -0.25) is 0 Å². The summed E-state index contributed by atoms with van der Waals surface area (Å²) in [5, 5.41) is 9.19. The number of fused-ring (bicyclic) bond motifs is 1. The van der Waals surface area contributed by atoms with E-state index in [1.54, 1.807) is 4.90 Å². The molecule has 3 atom stereocenters. The number of rotatable bonds is 1. The van der Waals surface area contributed by atoms with Gasteiger partial charge in [-0.1, -0.05) is 6.42 Å². The van der Waals surface area contributed by atoms with E-state index in [0.717, 1.165) is 19.4 Å². The van der Waals surface area contributed by atoms with Crippen LogP contribution in [0.2, 0.25) is 0 Å². The van der Waals surface area contributed by atoms with Gasteiger partial charge in [0.2, 0.25) is 0 Å². The van der Waals surface area contributed by atoms with Crippen LogP contribution in [0.1, 0.15) is 32.1 Å². The quantitative estimate of drug-likeness (QED) is 0.798. The fraction of sp³-hybridized carbons (Fsp3) is 0.846. The molecule has 3 rings (SSSR count). The zero-order chi connectivity index (χ0) is 13.4. The molecule has 0 aromatic rings. The minimum Gasteiger partial charge on any atom is -0.480 e. The molecule has 0 aromatic carbocycles. The lowest BCUT2D eigenvalue weighted by Gasteiger charge is -2.40. The lowest BCUT2D eigenvalue weighted by Crippen LogP contribution is -2.54. The van der Waals surface area contributed by atoms with E-state index in [-0.39, 0.29) is 6.03 Å². The van der Waals surface area contributed by atoms with E-state index in [1.807, 2.05) is 4.90 Å². The van der Waals surface area contributed by atoms with Crippen LogP contribution in [0.5, 0.6) is 0 Å². The third-order valence-electron chi connectivity index (χ3n) is 4.65. The summed E-state index contributed by atoms with van der Waals surface area (Å²) >= 11 is 1.53. The molecule has 2 aliphatic heterocycles. The Morgan fingerprint density at radius 1 is 1.11 bits per heavy atom. The summed E-state index contributed by atoms with van der Waals surface area (Å²) in [6.07, 6.45) is 5.81. The molecule has 19 heavy (non-hydrogen) atoms. The summed E-state index contributed by atoms with van der Waals surface area (Å²) < 4.78 is 0. The predicted molar refractivity (Wildman–Crippen MR) is 73.1 cm³/mol. The highest BCUT2D eigenvalue weighted by Crippen LogP contribution is 2.38. The summed E-state index contributed by atoms with van der Waals surface area (Å²) in [6.45, 7) is 0.799. The van der Waals surface area contributed by atoms with Crippen molar-refractivity contribution in [3.05, 3.63) is 0 Å². The van der Waals surface area contributed by atoms with Crippen molar-refractivity contribution < 1.29 is 14.7 Å². The third-order valence-corrected chi connectivity index (χ3v) is 5.66.